The predicted octanol–water partition coefficient (Wildman–Crippen LogP) is -4.61. The Morgan fingerprint density at radius 3 is 1.87 bits per heavy atom. The van der Waals surface area contributed by atoms with E-state index in [2.05, 4.69) is 20.9 Å². The molecule has 0 aliphatic heterocycles. The van der Waals surface area contributed by atoms with Crippen LogP contribution in [-0.4, -0.2) is 88.8 Å². The van der Waals surface area contributed by atoms with E-state index in [4.69, 9.17) is 32.5 Å². The Balaban J connectivity index is 5.39. The predicted molar refractivity (Wildman–Crippen MR) is 106 cm³/mol. The summed E-state index contributed by atoms with van der Waals surface area (Å²) in [5.74, 6) is -5.39. The number of amides is 3. The van der Waals surface area contributed by atoms with E-state index in [1.54, 1.807) is 0 Å². The molecule has 0 saturated carbocycles. The number of hydrogen-bond acceptors (Lipinski definition) is 8. The minimum absolute atomic E-state index is 0.0252. The van der Waals surface area contributed by atoms with Crippen LogP contribution in [0.1, 0.15) is 25.7 Å². The van der Waals surface area contributed by atoms with Crippen molar-refractivity contribution in [3.05, 3.63) is 0 Å². The average molecular weight is 447 g/mol. The summed E-state index contributed by atoms with van der Waals surface area (Å²) in [6, 6.07) is -4.19. The minimum Gasteiger partial charge on any atom is -0.481 e. The van der Waals surface area contributed by atoms with Gasteiger partial charge in [-0.1, -0.05) is 0 Å². The Bertz CT molecular complexity index is 681. The van der Waals surface area contributed by atoms with E-state index >= 15 is 0 Å². The van der Waals surface area contributed by atoms with Gasteiger partial charge < -0.3 is 48.5 Å². The molecule has 31 heavy (non-hydrogen) atoms. The number of aliphatic carboxylic acids is 2. The van der Waals surface area contributed by atoms with Crippen molar-refractivity contribution in [1.29, 1.82) is 0 Å². The number of aliphatic hydroxyl groups excluding tert-OH is 1. The zero-order valence-electron chi connectivity index (χ0n) is 16.7. The largest absolute Gasteiger partial charge is 0.481 e. The lowest BCUT2D eigenvalue weighted by Gasteiger charge is -2.24. The van der Waals surface area contributed by atoms with Crippen molar-refractivity contribution >= 4 is 35.6 Å². The van der Waals surface area contributed by atoms with Crippen LogP contribution in [0.2, 0.25) is 0 Å². The molecule has 0 aromatic rings. The van der Waals surface area contributed by atoms with E-state index in [-0.39, 0.29) is 31.8 Å². The first-order chi connectivity index (χ1) is 14.5. The van der Waals surface area contributed by atoms with E-state index in [1.807, 2.05) is 0 Å². The third-order valence-corrected chi connectivity index (χ3v) is 3.86. The van der Waals surface area contributed by atoms with Gasteiger partial charge in [0, 0.05) is 13.0 Å². The molecule has 12 N–H and O–H groups in total. The molecule has 3 atom stereocenters. The summed E-state index contributed by atoms with van der Waals surface area (Å²) in [6.45, 7) is -1.23. The first-order valence-electron chi connectivity index (χ1n) is 9.22. The highest BCUT2D eigenvalue weighted by Gasteiger charge is 2.29. The van der Waals surface area contributed by atoms with Gasteiger partial charge >= 0.3 is 11.9 Å². The maximum absolute atomic E-state index is 12.6. The Hall–Kier alpha value is -3.46. The van der Waals surface area contributed by atoms with Crippen molar-refractivity contribution in [2.75, 3.05) is 19.7 Å². The molecule has 15 nitrogen and oxygen atoms in total. The number of carbonyl (C=O) groups is 5. The van der Waals surface area contributed by atoms with Gasteiger partial charge in [0.05, 0.1) is 13.2 Å². The molecule has 0 aliphatic rings. The molecule has 0 bridgehead atoms. The first-order valence-corrected chi connectivity index (χ1v) is 9.22. The lowest BCUT2D eigenvalue weighted by atomic mass is 10.1. The van der Waals surface area contributed by atoms with Crippen molar-refractivity contribution in [3.8, 4) is 0 Å². The molecule has 0 heterocycles. The van der Waals surface area contributed by atoms with E-state index in [0.717, 1.165) is 0 Å². The minimum atomic E-state index is -1.61. The summed E-state index contributed by atoms with van der Waals surface area (Å²) in [4.78, 5) is 62.2. The maximum atomic E-state index is 12.6. The van der Waals surface area contributed by atoms with Crippen LogP contribution in [0, 0.1) is 0 Å². The third kappa shape index (κ3) is 12.0. The van der Waals surface area contributed by atoms with Gasteiger partial charge in [0.2, 0.25) is 17.7 Å². The highest BCUT2D eigenvalue weighted by atomic mass is 16.4. The molecule has 0 aromatic heterocycles. The Morgan fingerprint density at radius 1 is 0.871 bits per heavy atom. The van der Waals surface area contributed by atoms with Crippen molar-refractivity contribution in [3.63, 3.8) is 0 Å². The molecule has 3 amide bonds. The molecule has 176 valence electrons. The molecular formula is C16H29N7O8. The quantitative estimate of drug-likeness (QED) is 0.0654. The van der Waals surface area contributed by atoms with Crippen LogP contribution in [-0.2, 0) is 24.0 Å². The molecular weight excluding hydrogens is 418 g/mol. The monoisotopic (exact) mass is 447 g/mol. The van der Waals surface area contributed by atoms with Gasteiger partial charge in [0.25, 0.3) is 0 Å². The molecule has 0 saturated heterocycles. The molecule has 15 heteroatoms. The summed E-state index contributed by atoms with van der Waals surface area (Å²) < 4.78 is 0. The number of aliphatic hydroxyl groups is 1. The van der Waals surface area contributed by atoms with E-state index in [9.17, 15) is 24.0 Å². The van der Waals surface area contributed by atoms with Crippen molar-refractivity contribution in [2.45, 2.75) is 43.8 Å². The number of nitrogens with one attached hydrogen (secondary N) is 3. The van der Waals surface area contributed by atoms with Gasteiger partial charge in [-0.2, -0.15) is 0 Å². The summed E-state index contributed by atoms with van der Waals surface area (Å²) in [5.41, 5.74) is 15.6. The third-order valence-electron chi connectivity index (χ3n) is 3.86. The van der Waals surface area contributed by atoms with E-state index < -0.39 is 67.4 Å². The summed E-state index contributed by atoms with van der Waals surface area (Å²) in [6.07, 6.45) is -0.537. The first kappa shape index (κ1) is 27.5. The highest BCUT2D eigenvalue weighted by Crippen LogP contribution is 2.04. The zero-order chi connectivity index (χ0) is 24.0. The molecule has 0 rings (SSSR count). The topological polar surface area (TPSA) is 273 Å². The molecule has 0 spiro atoms. The van der Waals surface area contributed by atoms with Crippen LogP contribution in [0.5, 0.6) is 0 Å². The van der Waals surface area contributed by atoms with Crippen LogP contribution in [0.25, 0.3) is 0 Å². The van der Waals surface area contributed by atoms with Gasteiger partial charge in [0.1, 0.15) is 18.1 Å². The zero-order valence-corrected chi connectivity index (χ0v) is 16.7. The number of carboxylic acids is 2. The van der Waals surface area contributed by atoms with Gasteiger partial charge in [-0.25, -0.2) is 4.79 Å². The molecule has 0 aromatic carbocycles. The molecule has 0 aliphatic carbocycles. The Morgan fingerprint density at radius 2 is 1.42 bits per heavy atom. The summed E-state index contributed by atoms with van der Waals surface area (Å²) in [5, 5.41) is 33.6. The van der Waals surface area contributed by atoms with Crippen LogP contribution >= 0.6 is 0 Å². The number of aliphatic imine (C=N–C) groups is 1. The van der Waals surface area contributed by atoms with Gasteiger partial charge in [-0.3, -0.25) is 24.2 Å². The van der Waals surface area contributed by atoms with E-state index in [0.29, 0.717) is 0 Å². The van der Waals surface area contributed by atoms with E-state index in [1.165, 1.54) is 0 Å². The van der Waals surface area contributed by atoms with Crippen LogP contribution in [0.4, 0.5) is 0 Å². The van der Waals surface area contributed by atoms with Crippen LogP contribution < -0.4 is 33.2 Å². The lowest BCUT2D eigenvalue weighted by molar-refractivity contribution is -0.143. The second-order valence-electron chi connectivity index (χ2n) is 6.35. The second kappa shape index (κ2) is 14.5. The van der Waals surface area contributed by atoms with Gasteiger partial charge in [-0.05, 0) is 19.3 Å². The number of hydrogen-bond donors (Lipinski definition) is 9. The second-order valence-corrected chi connectivity index (χ2v) is 6.35. The Kier molecular flexibility index (Phi) is 12.9. The fourth-order valence-electron chi connectivity index (χ4n) is 2.29. The number of nitrogens with two attached hydrogens (primary N) is 3. The average Bonchev–Trinajstić information content (AvgIpc) is 2.70. The van der Waals surface area contributed by atoms with Crippen molar-refractivity contribution in [1.82, 2.24) is 16.0 Å². The molecule has 0 radical (unpaired) electrons. The SMILES string of the molecule is NCC(=O)NC(CCC(=O)O)C(=O)NC(CCCN=C(N)N)C(=O)NC(CO)C(=O)O. The number of guanidine groups is 1. The van der Waals surface area contributed by atoms with Crippen LogP contribution in [0.15, 0.2) is 4.99 Å². The molecule has 3 unspecified atom stereocenters. The standard InChI is InChI=1S/C16H29N7O8/c17-6-11(25)21-9(3-4-12(26)27)14(29)22-8(2-1-5-20-16(18)19)13(28)23-10(7-24)15(30)31/h8-10,24H,1-7,17H2,(H,21,25)(H,22,29)(H,23,28)(H,26,27)(H,30,31)(H4,18,19,20). The summed E-state index contributed by atoms with van der Waals surface area (Å²) >= 11 is 0. The maximum Gasteiger partial charge on any atom is 0.328 e. The van der Waals surface area contributed by atoms with Crippen molar-refractivity contribution in [2.24, 2.45) is 22.2 Å². The highest BCUT2D eigenvalue weighted by molar-refractivity contribution is 5.93. The number of carbonyl (C=O) groups excluding carboxylic acids is 3. The lowest BCUT2D eigenvalue weighted by Crippen LogP contribution is -2.56. The van der Waals surface area contributed by atoms with Gasteiger partial charge in [-0.15, -0.1) is 0 Å². The Labute approximate surface area is 177 Å². The smallest absolute Gasteiger partial charge is 0.328 e. The molecule has 0 fully saturated rings. The number of rotatable bonds is 15. The normalized spacial score (nSPS) is 13.2. The summed E-state index contributed by atoms with van der Waals surface area (Å²) in [7, 11) is 0. The van der Waals surface area contributed by atoms with Gasteiger partial charge in [0.15, 0.2) is 5.96 Å². The number of carboxylic acid groups (broad SMARTS) is 2. The fraction of sp³-hybridized carbons (Fsp3) is 0.625. The van der Waals surface area contributed by atoms with Crippen molar-refractivity contribution < 1.29 is 39.3 Å². The fourth-order valence-corrected chi connectivity index (χ4v) is 2.29. The van der Waals surface area contributed by atoms with Crippen LogP contribution in [0.3, 0.4) is 0 Å². The number of nitrogens with zero attached hydrogens (tertiary/aromatic N) is 1.